The predicted molar refractivity (Wildman–Crippen MR) is 70.0 cm³/mol. The molecule has 0 saturated heterocycles. The number of aryl methyl sites for hydroxylation is 1. The molecule has 5 heteroatoms. The summed E-state index contributed by atoms with van der Waals surface area (Å²) < 4.78 is 6.43. The molecule has 0 fully saturated rings. The average molecular weight is 249 g/mol. The van der Waals surface area contributed by atoms with Gasteiger partial charge in [-0.05, 0) is 33.6 Å². The van der Waals surface area contributed by atoms with Crippen molar-refractivity contribution in [2.75, 3.05) is 5.73 Å². The van der Waals surface area contributed by atoms with Crippen LogP contribution in [0.15, 0.2) is 6.20 Å². The molecule has 5 nitrogen and oxygen atoms in total. The van der Waals surface area contributed by atoms with Crippen molar-refractivity contribution in [3.63, 3.8) is 0 Å². The minimum absolute atomic E-state index is 0.139. The molecule has 18 heavy (non-hydrogen) atoms. The number of nitrogens with two attached hydrogens (primary N) is 1. The zero-order chi connectivity index (χ0) is 13.8. The fourth-order valence-corrected chi connectivity index (χ4v) is 1.39. The van der Waals surface area contributed by atoms with Crippen LogP contribution in [0.2, 0.25) is 0 Å². The molecule has 0 radical (unpaired) electrons. The Balaban J connectivity index is 2.73. The van der Waals surface area contributed by atoms with Crippen molar-refractivity contribution in [2.45, 2.75) is 45.6 Å². The second kappa shape index (κ2) is 5.58. The Morgan fingerprint density at radius 1 is 1.61 bits per heavy atom. The third-order valence-corrected chi connectivity index (χ3v) is 2.13. The maximum absolute atomic E-state index is 11.8. The summed E-state index contributed by atoms with van der Waals surface area (Å²) >= 11 is 0. The van der Waals surface area contributed by atoms with Gasteiger partial charge in [0.2, 0.25) is 5.95 Å². The quantitative estimate of drug-likeness (QED) is 0.658. The molecule has 0 saturated carbocycles. The fourth-order valence-electron chi connectivity index (χ4n) is 1.39. The number of nitrogen functional groups attached to an aromatic ring is 1. The van der Waals surface area contributed by atoms with E-state index in [1.165, 1.54) is 4.57 Å². The lowest BCUT2D eigenvalue weighted by Gasteiger charge is -2.19. The van der Waals surface area contributed by atoms with Crippen LogP contribution in [0.4, 0.5) is 10.7 Å². The van der Waals surface area contributed by atoms with E-state index in [0.717, 1.165) is 12.1 Å². The minimum atomic E-state index is -0.558. The number of imidazole rings is 1. The Labute approximate surface area is 107 Å². The van der Waals surface area contributed by atoms with Gasteiger partial charge in [0.25, 0.3) is 0 Å². The molecule has 0 aliphatic carbocycles. The molecule has 0 atom stereocenters. The summed E-state index contributed by atoms with van der Waals surface area (Å²) in [4.78, 5) is 15.9. The van der Waals surface area contributed by atoms with Crippen molar-refractivity contribution < 1.29 is 9.53 Å². The van der Waals surface area contributed by atoms with Crippen molar-refractivity contribution >= 4 is 12.0 Å². The largest absolute Gasteiger partial charge is 0.443 e. The molecule has 1 heterocycles. The second-order valence-corrected chi connectivity index (χ2v) is 5.00. The van der Waals surface area contributed by atoms with Crippen LogP contribution in [-0.2, 0) is 11.2 Å². The maximum Gasteiger partial charge on any atom is 0.421 e. The summed E-state index contributed by atoms with van der Waals surface area (Å²) in [5.74, 6) is 2.69. The van der Waals surface area contributed by atoms with Gasteiger partial charge in [-0.25, -0.2) is 14.3 Å². The van der Waals surface area contributed by atoms with E-state index in [1.807, 2.05) is 0 Å². The van der Waals surface area contributed by atoms with Gasteiger partial charge in [-0.15, -0.1) is 12.3 Å². The number of rotatable bonds is 3. The Hall–Kier alpha value is -1.96. The number of carbonyl (C=O) groups excluding carboxylic acids is 1. The molecule has 0 amide bonds. The van der Waals surface area contributed by atoms with Crippen LogP contribution in [-0.4, -0.2) is 21.2 Å². The second-order valence-electron chi connectivity index (χ2n) is 5.00. The van der Waals surface area contributed by atoms with Crippen molar-refractivity contribution in [1.29, 1.82) is 0 Å². The smallest absolute Gasteiger partial charge is 0.421 e. The number of anilines is 1. The topological polar surface area (TPSA) is 70.1 Å². The van der Waals surface area contributed by atoms with Crippen LogP contribution in [0.1, 0.15) is 39.3 Å². The van der Waals surface area contributed by atoms with Gasteiger partial charge in [-0.2, -0.15) is 0 Å². The molecule has 1 rings (SSSR count). The van der Waals surface area contributed by atoms with E-state index in [2.05, 4.69) is 10.9 Å². The number of hydrogen-bond donors (Lipinski definition) is 1. The molecule has 0 aliphatic heterocycles. The number of carbonyl (C=O) groups is 1. The summed E-state index contributed by atoms with van der Waals surface area (Å²) in [5.41, 5.74) is 5.86. The van der Waals surface area contributed by atoms with Crippen LogP contribution in [0, 0.1) is 12.3 Å². The highest BCUT2D eigenvalue weighted by molar-refractivity contribution is 5.74. The van der Waals surface area contributed by atoms with E-state index < -0.39 is 11.7 Å². The number of hydrogen-bond acceptors (Lipinski definition) is 4. The zero-order valence-corrected chi connectivity index (χ0v) is 11.1. The Morgan fingerprint density at radius 3 is 2.83 bits per heavy atom. The Morgan fingerprint density at radius 2 is 2.28 bits per heavy atom. The van der Waals surface area contributed by atoms with E-state index in [0.29, 0.717) is 12.8 Å². The number of terminal acetylenes is 1. The van der Waals surface area contributed by atoms with Gasteiger partial charge in [0, 0.05) is 12.6 Å². The molecule has 1 aromatic rings. The average Bonchev–Trinajstić information content (AvgIpc) is 2.58. The molecular formula is C13H19N3O2. The molecule has 0 aromatic carbocycles. The van der Waals surface area contributed by atoms with Crippen molar-refractivity contribution in [1.82, 2.24) is 9.55 Å². The first kappa shape index (κ1) is 14.1. The lowest BCUT2D eigenvalue weighted by atomic mass is 10.2. The summed E-state index contributed by atoms with van der Waals surface area (Å²) in [6, 6.07) is 0. The third kappa shape index (κ3) is 4.13. The van der Waals surface area contributed by atoms with E-state index in [4.69, 9.17) is 16.9 Å². The van der Waals surface area contributed by atoms with Gasteiger partial charge >= 0.3 is 6.09 Å². The van der Waals surface area contributed by atoms with Gasteiger partial charge in [0.1, 0.15) is 5.60 Å². The molecule has 0 aliphatic rings. The van der Waals surface area contributed by atoms with Crippen LogP contribution in [0.5, 0.6) is 0 Å². The summed E-state index contributed by atoms with van der Waals surface area (Å²) in [6.45, 7) is 5.39. The molecule has 0 spiro atoms. The van der Waals surface area contributed by atoms with Gasteiger partial charge in [-0.1, -0.05) is 0 Å². The number of unbranched alkanes of at least 4 members (excludes halogenated alkanes) is 1. The first-order valence-electron chi connectivity index (χ1n) is 5.84. The van der Waals surface area contributed by atoms with E-state index in [1.54, 1.807) is 27.0 Å². The van der Waals surface area contributed by atoms with Gasteiger partial charge in [-0.3, -0.25) is 0 Å². The van der Waals surface area contributed by atoms with Gasteiger partial charge in [0.15, 0.2) is 0 Å². The summed E-state index contributed by atoms with van der Waals surface area (Å²) in [5, 5.41) is 0. The molecule has 1 aromatic heterocycles. The number of nitrogens with zero attached hydrogens (tertiary/aromatic N) is 2. The monoisotopic (exact) mass is 249 g/mol. The highest BCUT2D eigenvalue weighted by Gasteiger charge is 2.20. The van der Waals surface area contributed by atoms with Gasteiger partial charge < -0.3 is 10.5 Å². The van der Waals surface area contributed by atoms with E-state index in [-0.39, 0.29) is 5.95 Å². The van der Waals surface area contributed by atoms with Crippen LogP contribution >= 0.6 is 0 Å². The minimum Gasteiger partial charge on any atom is -0.443 e. The molecule has 2 N–H and O–H groups in total. The van der Waals surface area contributed by atoms with Crippen molar-refractivity contribution in [3.8, 4) is 12.3 Å². The Kier molecular flexibility index (Phi) is 4.38. The lowest BCUT2D eigenvalue weighted by Crippen LogP contribution is -2.27. The third-order valence-electron chi connectivity index (χ3n) is 2.13. The Bertz CT molecular complexity index is 464. The summed E-state index contributed by atoms with van der Waals surface area (Å²) in [6.07, 6.45) is 8.45. The lowest BCUT2D eigenvalue weighted by molar-refractivity contribution is 0.0540. The van der Waals surface area contributed by atoms with Gasteiger partial charge in [0.05, 0.1) is 5.69 Å². The SMILES string of the molecule is C#CCCCc1cn(C(=O)OC(C)(C)C)c(N)n1. The van der Waals surface area contributed by atoms with Crippen LogP contribution < -0.4 is 5.73 Å². The van der Waals surface area contributed by atoms with Crippen molar-refractivity contribution in [3.05, 3.63) is 11.9 Å². The first-order valence-corrected chi connectivity index (χ1v) is 5.84. The van der Waals surface area contributed by atoms with E-state index in [9.17, 15) is 4.79 Å². The standard InChI is InChI=1S/C13H19N3O2/c1-5-6-7-8-10-9-16(11(14)15-10)12(17)18-13(2,3)4/h1,9H,6-8H2,2-4H3,(H2,14,15). The van der Waals surface area contributed by atoms with Crippen molar-refractivity contribution in [2.24, 2.45) is 0 Å². The van der Waals surface area contributed by atoms with Crippen LogP contribution in [0.25, 0.3) is 0 Å². The zero-order valence-electron chi connectivity index (χ0n) is 11.1. The fraction of sp³-hybridized carbons (Fsp3) is 0.538. The number of ether oxygens (including phenoxy) is 1. The molecule has 0 bridgehead atoms. The van der Waals surface area contributed by atoms with E-state index >= 15 is 0 Å². The molecular weight excluding hydrogens is 230 g/mol. The maximum atomic E-state index is 11.8. The summed E-state index contributed by atoms with van der Waals surface area (Å²) in [7, 11) is 0. The predicted octanol–water partition coefficient (Wildman–Crippen LogP) is 2.20. The molecule has 0 unspecified atom stereocenters. The number of aromatic nitrogens is 2. The van der Waals surface area contributed by atoms with Crippen LogP contribution in [0.3, 0.4) is 0 Å². The normalized spacial score (nSPS) is 11.0. The highest BCUT2D eigenvalue weighted by atomic mass is 16.6. The first-order chi connectivity index (χ1) is 8.33. The highest BCUT2D eigenvalue weighted by Crippen LogP contribution is 2.13. The molecule has 98 valence electrons.